The van der Waals surface area contributed by atoms with Crippen LogP contribution in [0.5, 0.6) is 0 Å². The van der Waals surface area contributed by atoms with Crippen molar-refractivity contribution >= 4 is 67.2 Å². The van der Waals surface area contributed by atoms with Gasteiger partial charge in [0.25, 0.3) is 5.91 Å². The largest absolute Gasteiger partial charge is 0.465 e. The van der Waals surface area contributed by atoms with Crippen molar-refractivity contribution in [2.75, 3.05) is 14.2 Å². The number of esters is 2. The smallest absolute Gasteiger partial charge is 0.338 e. The maximum atomic E-state index is 13.5. The predicted octanol–water partition coefficient (Wildman–Crippen LogP) is 5.80. The van der Waals surface area contributed by atoms with Crippen LogP contribution in [-0.4, -0.2) is 44.4 Å². The second-order valence-electron chi connectivity index (χ2n) is 9.74. The minimum absolute atomic E-state index is 0.114. The third-order valence-corrected chi connectivity index (χ3v) is 7.81. The van der Waals surface area contributed by atoms with E-state index in [2.05, 4.69) is 5.32 Å². The average molecular weight is 508 g/mol. The van der Waals surface area contributed by atoms with E-state index in [0.717, 1.165) is 64.3 Å². The topological polar surface area (TPSA) is 98.8 Å². The first-order valence-corrected chi connectivity index (χ1v) is 12.6. The zero-order valence-corrected chi connectivity index (χ0v) is 21.1. The van der Waals surface area contributed by atoms with Gasteiger partial charge in [-0.1, -0.05) is 43.2 Å². The fourth-order valence-corrected chi connectivity index (χ4v) is 6.10. The first kappa shape index (κ1) is 23.9. The summed E-state index contributed by atoms with van der Waals surface area (Å²) in [7, 11) is 2.63. The van der Waals surface area contributed by atoms with Crippen LogP contribution in [0.2, 0.25) is 0 Å². The summed E-state index contributed by atoms with van der Waals surface area (Å²) in [6.45, 7) is 0. The van der Waals surface area contributed by atoms with Crippen molar-refractivity contribution in [1.29, 1.82) is 0 Å². The summed E-state index contributed by atoms with van der Waals surface area (Å²) in [6.07, 6.45) is 4.78. The number of nitrogens with one attached hydrogen (secondary N) is 1. The van der Waals surface area contributed by atoms with Gasteiger partial charge in [-0.05, 0) is 63.4 Å². The second-order valence-corrected chi connectivity index (χ2v) is 9.74. The Hall–Kier alpha value is -4.52. The van der Waals surface area contributed by atoms with Gasteiger partial charge < -0.3 is 14.8 Å². The van der Waals surface area contributed by atoms with E-state index in [-0.39, 0.29) is 11.9 Å². The number of hydrogen-bond acceptors (Lipinski definition) is 6. The summed E-state index contributed by atoms with van der Waals surface area (Å²) in [5.41, 5.74) is 1.39. The Bertz CT molecular complexity index is 1780. The van der Waals surface area contributed by atoms with E-state index in [1.54, 1.807) is 24.3 Å². The van der Waals surface area contributed by atoms with Crippen molar-refractivity contribution in [2.24, 2.45) is 0 Å². The Kier molecular flexibility index (Phi) is 5.71. The van der Waals surface area contributed by atoms with Crippen LogP contribution in [0.4, 0.5) is 0 Å². The van der Waals surface area contributed by atoms with Crippen LogP contribution in [0.1, 0.15) is 67.1 Å². The van der Waals surface area contributed by atoms with Crippen molar-refractivity contribution in [2.45, 2.75) is 31.7 Å². The summed E-state index contributed by atoms with van der Waals surface area (Å²) < 4.78 is 10.1. The molecule has 0 radical (unpaired) electrons. The highest BCUT2D eigenvalue weighted by molar-refractivity contribution is 6.38. The summed E-state index contributed by atoms with van der Waals surface area (Å²) in [5, 5.41) is 8.89. The molecule has 6 rings (SSSR count). The van der Waals surface area contributed by atoms with E-state index in [9.17, 15) is 19.2 Å². The lowest BCUT2D eigenvalue weighted by atomic mass is 9.84. The summed E-state index contributed by atoms with van der Waals surface area (Å²) in [5.74, 6) is -1.29. The molecule has 1 N–H and O–H groups in total. The van der Waals surface area contributed by atoms with Gasteiger partial charge in [0.2, 0.25) is 0 Å². The van der Waals surface area contributed by atoms with Crippen LogP contribution in [0.15, 0.2) is 48.5 Å². The first-order valence-electron chi connectivity index (χ1n) is 12.6. The molecule has 0 heterocycles. The lowest BCUT2D eigenvalue weighted by Crippen LogP contribution is -2.32. The van der Waals surface area contributed by atoms with Crippen molar-refractivity contribution in [3.63, 3.8) is 0 Å². The molecule has 38 heavy (non-hydrogen) atoms. The second kappa shape index (κ2) is 9.10. The van der Waals surface area contributed by atoms with Gasteiger partial charge in [0.1, 0.15) is 0 Å². The first-order chi connectivity index (χ1) is 18.5. The SMILES string of the molecule is COC(=O)c1ccc2c3ccc(C(=O)NC4CCCC4)c4c(C(=O)OC)ccc(c5ccc(C=O)c1c25)c43. The minimum Gasteiger partial charge on any atom is -0.465 e. The van der Waals surface area contributed by atoms with Crippen molar-refractivity contribution < 1.29 is 28.7 Å². The van der Waals surface area contributed by atoms with Crippen LogP contribution < -0.4 is 5.32 Å². The molecule has 1 saturated carbocycles. The van der Waals surface area contributed by atoms with Gasteiger partial charge in [-0.2, -0.15) is 0 Å². The van der Waals surface area contributed by atoms with Gasteiger partial charge >= 0.3 is 11.9 Å². The van der Waals surface area contributed by atoms with Crippen LogP contribution in [0, 0.1) is 0 Å². The maximum absolute atomic E-state index is 13.5. The molecule has 7 heteroatoms. The molecule has 1 fully saturated rings. The Balaban J connectivity index is 1.76. The molecule has 1 aliphatic rings. The Morgan fingerprint density at radius 2 is 1.16 bits per heavy atom. The Labute approximate surface area is 218 Å². The van der Waals surface area contributed by atoms with Crippen molar-refractivity contribution in [3.8, 4) is 0 Å². The molecule has 0 bridgehead atoms. The number of hydrogen-bond donors (Lipinski definition) is 1. The number of fused-ring (bicyclic) bond motifs is 2. The summed E-state index contributed by atoms with van der Waals surface area (Å²) >= 11 is 0. The number of carbonyl (C=O) groups excluding carboxylic acids is 4. The van der Waals surface area contributed by atoms with E-state index in [1.807, 2.05) is 24.3 Å². The summed E-state index contributed by atoms with van der Waals surface area (Å²) in [6, 6.07) is 14.2. The van der Waals surface area contributed by atoms with Gasteiger partial charge in [0, 0.05) is 27.9 Å². The van der Waals surface area contributed by atoms with E-state index in [1.165, 1.54) is 14.2 Å². The normalized spacial score (nSPS) is 13.9. The number of methoxy groups -OCH3 is 2. The fraction of sp³-hybridized carbons (Fsp3) is 0.226. The predicted molar refractivity (Wildman–Crippen MR) is 145 cm³/mol. The zero-order chi connectivity index (χ0) is 26.6. The number of rotatable bonds is 5. The van der Waals surface area contributed by atoms with E-state index in [4.69, 9.17) is 9.47 Å². The molecule has 1 aliphatic carbocycles. The molecule has 190 valence electrons. The molecular formula is C31H25NO6. The maximum Gasteiger partial charge on any atom is 0.338 e. The third kappa shape index (κ3) is 3.42. The molecule has 0 aromatic heterocycles. The lowest BCUT2D eigenvalue weighted by molar-refractivity contribution is 0.0594. The van der Waals surface area contributed by atoms with E-state index >= 15 is 0 Å². The monoisotopic (exact) mass is 507 g/mol. The van der Waals surface area contributed by atoms with E-state index < -0.39 is 11.9 Å². The van der Waals surface area contributed by atoms with Gasteiger partial charge in [-0.25, -0.2) is 9.59 Å². The highest BCUT2D eigenvalue weighted by Crippen LogP contribution is 2.44. The summed E-state index contributed by atoms with van der Waals surface area (Å²) in [4.78, 5) is 51.1. The minimum atomic E-state index is -0.535. The zero-order valence-electron chi connectivity index (χ0n) is 21.1. The van der Waals surface area contributed by atoms with Crippen molar-refractivity contribution in [1.82, 2.24) is 5.32 Å². The quantitative estimate of drug-likeness (QED) is 0.140. The molecule has 0 saturated heterocycles. The molecular weight excluding hydrogens is 482 g/mol. The van der Waals surface area contributed by atoms with Crippen LogP contribution in [-0.2, 0) is 9.47 Å². The van der Waals surface area contributed by atoms with Gasteiger partial charge in [0.05, 0.1) is 25.3 Å². The number of amides is 1. The molecule has 0 aliphatic heterocycles. The lowest BCUT2D eigenvalue weighted by Gasteiger charge is -2.20. The molecule has 5 aromatic rings. The van der Waals surface area contributed by atoms with Crippen LogP contribution in [0.25, 0.3) is 43.1 Å². The van der Waals surface area contributed by atoms with Gasteiger partial charge in [0.15, 0.2) is 6.29 Å². The van der Waals surface area contributed by atoms with Gasteiger partial charge in [-0.3, -0.25) is 9.59 Å². The number of carbonyl (C=O) groups is 4. The van der Waals surface area contributed by atoms with E-state index in [0.29, 0.717) is 33.0 Å². The highest BCUT2D eigenvalue weighted by Gasteiger charge is 2.26. The number of aldehydes is 1. The molecule has 0 spiro atoms. The van der Waals surface area contributed by atoms with Crippen LogP contribution in [0.3, 0.4) is 0 Å². The fourth-order valence-electron chi connectivity index (χ4n) is 6.10. The standard InChI is InChI=1S/C31H25NO6/c1-37-30(35)23-13-10-19-20-9-12-22(29(34)32-17-5-3-4-6-17)28-24(31(36)38-2)14-11-21(27(20)28)18-8-7-16(15-33)25(23)26(18)19/h7-15,17H,3-6H2,1-2H3,(H,32,34). The number of ether oxygens (including phenoxy) is 2. The molecule has 7 nitrogen and oxygen atoms in total. The Morgan fingerprint density at radius 1 is 0.684 bits per heavy atom. The van der Waals surface area contributed by atoms with Crippen LogP contribution >= 0.6 is 0 Å². The third-order valence-electron chi connectivity index (χ3n) is 7.81. The molecule has 0 unspecified atom stereocenters. The number of benzene rings is 5. The van der Waals surface area contributed by atoms with Crippen molar-refractivity contribution in [3.05, 3.63) is 70.8 Å². The highest BCUT2D eigenvalue weighted by atomic mass is 16.5. The van der Waals surface area contributed by atoms with Gasteiger partial charge in [-0.15, -0.1) is 0 Å². The molecule has 1 amide bonds. The molecule has 5 aromatic carbocycles. The molecule has 0 atom stereocenters. The average Bonchev–Trinajstić information content (AvgIpc) is 3.47. The Morgan fingerprint density at radius 3 is 1.68 bits per heavy atom.